The first-order valence-corrected chi connectivity index (χ1v) is 6.39. The topological polar surface area (TPSA) is 52.3 Å². The maximum Gasteiger partial charge on any atom is 0.180 e. The Bertz CT molecular complexity index is 380. The van der Waals surface area contributed by atoms with Crippen LogP contribution in [0.3, 0.4) is 0 Å². The second kappa shape index (κ2) is 4.65. The molecule has 0 bridgehead atoms. The number of hydrogen-bond acceptors (Lipinski definition) is 4. The van der Waals surface area contributed by atoms with Crippen LogP contribution in [0.4, 0.5) is 0 Å². The van der Waals surface area contributed by atoms with Crippen LogP contribution in [0.1, 0.15) is 27.4 Å². The lowest BCUT2D eigenvalue weighted by molar-refractivity contribution is 0.0203. The fraction of sp³-hybridized carbons (Fsp3) is 0.583. The van der Waals surface area contributed by atoms with Crippen molar-refractivity contribution < 1.29 is 9.53 Å². The van der Waals surface area contributed by atoms with Gasteiger partial charge in [0.25, 0.3) is 0 Å². The number of hydrogen-bond donors (Lipinski definition) is 1. The largest absolute Gasteiger partial charge is 0.381 e. The van der Waals surface area contributed by atoms with Crippen molar-refractivity contribution in [2.45, 2.75) is 19.8 Å². The van der Waals surface area contributed by atoms with E-state index >= 15 is 0 Å². The average Bonchev–Trinajstić information content (AvgIpc) is 2.76. The van der Waals surface area contributed by atoms with E-state index in [9.17, 15) is 4.79 Å². The first-order valence-electron chi connectivity index (χ1n) is 5.57. The van der Waals surface area contributed by atoms with Gasteiger partial charge in [0.2, 0.25) is 0 Å². The summed E-state index contributed by atoms with van der Waals surface area (Å²) in [5.41, 5.74) is 5.43. The summed E-state index contributed by atoms with van der Waals surface area (Å²) in [6.45, 7) is 3.73. The number of rotatable bonds is 3. The van der Waals surface area contributed by atoms with Gasteiger partial charge in [-0.05, 0) is 31.9 Å². The molecule has 1 saturated heterocycles. The number of carbonyl (C=O) groups excluding carboxylic acids is 1. The van der Waals surface area contributed by atoms with Crippen LogP contribution in [0.15, 0.2) is 12.1 Å². The normalized spacial score (nSPS) is 19.6. The van der Waals surface area contributed by atoms with Crippen LogP contribution in [0.25, 0.3) is 0 Å². The monoisotopic (exact) mass is 239 g/mol. The highest BCUT2D eigenvalue weighted by molar-refractivity contribution is 7.14. The fourth-order valence-corrected chi connectivity index (χ4v) is 3.03. The SMILES string of the molecule is Cc1ccc(C(=O)C2(CN)CCOCC2)s1. The van der Waals surface area contributed by atoms with E-state index in [0.717, 1.165) is 17.7 Å². The molecule has 0 atom stereocenters. The predicted octanol–water partition coefficient (Wildman–Crippen LogP) is 1.99. The molecule has 1 aromatic heterocycles. The average molecular weight is 239 g/mol. The Balaban J connectivity index is 2.24. The number of Topliss-reactive ketones (excluding diaryl/α,β-unsaturated/α-hetero) is 1. The molecular weight excluding hydrogens is 222 g/mol. The summed E-state index contributed by atoms with van der Waals surface area (Å²) in [6, 6.07) is 3.90. The van der Waals surface area contributed by atoms with Crippen molar-refractivity contribution in [2.75, 3.05) is 19.8 Å². The summed E-state index contributed by atoms with van der Waals surface area (Å²) in [7, 11) is 0. The van der Waals surface area contributed by atoms with Crippen molar-refractivity contribution >= 4 is 17.1 Å². The zero-order valence-electron chi connectivity index (χ0n) is 9.49. The standard InChI is InChI=1S/C12H17NO2S/c1-9-2-3-10(16-9)11(14)12(8-13)4-6-15-7-5-12/h2-3H,4-8,13H2,1H3. The molecule has 2 rings (SSSR count). The van der Waals surface area contributed by atoms with E-state index in [4.69, 9.17) is 10.5 Å². The predicted molar refractivity (Wildman–Crippen MR) is 64.9 cm³/mol. The van der Waals surface area contributed by atoms with Crippen LogP contribution in [0.2, 0.25) is 0 Å². The number of ether oxygens (including phenoxy) is 1. The Morgan fingerprint density at radius 2 is 2.19 bits per heavy atom. The quantitative estimate of drug-likeness (QED) is 0.821. The minimum absolute atomic E-state index is 0.205. The van der Waals surface area contributed by atoms with E-state index in [2.05, 4.69) is 0 Å². The highest BCUT2D eigenvalue weighted by atomic mass is 32.1. The summed E-state index contributed by atoms with van der Waals surface area (Å²) >= 11 is 1.56. The molecular formula is C12H17NO2S. The number of nitrogens with two attached hydrogens (primary N) is 1. The van der Waals surface area contributed by atoms with E-state index in [1.54, 1.807) is 11.3 Å². The zero-order valence-corrected chi connectivity index (χ0v) is 10.3. The summed E-state index contributed by atoms with van der Waals surface area (Å²) in [5, 5.41) is 0. The molecule has 3 nitrogen and oxygen atoms in total. The molecule has 0 saturated carbocycles. The molecule has 1 aliphatic rings. The van der Waals surface area contributed by atoms with Gasteiger partial charge in [-0.25, -0.2) is 0 Å². The van der Waals surface area contributed by atoms with Crippen LogP contribution in [0.5, 0.6) is 0 Å². The molecule has 0 spiro atoms. The summed E-state index contributed by atoms with van der Waals surface area (Å²) in [4.78, 5) is 14.4. The molecule has 2 N–H and O–H groups in total. The first kappa shape index (κ1) is 11.8. The Morgan fingerprint density at radius 3 is 2.69 bits per heavy atom. The Hall–Kier alpha value is -0.710. The summed E-state index contributed by atoms with van der Waals surface area (Å²) in [6.07, 6.45) is 1.50. The van der Waals surface area contributed by atoms with E-state index < -0.39 is 0 Å². The van der Waals surface area contributed by atoms with Gasteiger partial charge in [0.15, 0.2) is 5.78 Å². The third-order valence-corrected chi connectivity index (χ3v) is 4.29. The minimum Gasteiger partial charge on any atom is -0.381 e. The summed E-state index contributed by atoms with van der Waals surface area (Å²) < 4.78 is 5.31. The van der Waals surface area contributed by atoms with Crippen LogP contribution in [0, 0.1) is 12.3 Å². The fourth-order valence-electron chi connectivity index (χ4n) is 2.10. The molecule has 4 heteroatoms. The van der Waals surface area contributed by atoms with Gasteiger partial charge in [0.1, 0.15) is 0 Å². The number of thiophene rings is 1. The van der Waals surface area contributed by atoms with Gasteiger partial charge in [0.05, 0.1) is 10.3 Å². The number of carbonyl (C=O) groups is 1. The molecule has 0 aliphatic carbocycles. The van der Waals surface area contributed by atoms with Crippen molar-refractivity contribution in [3.05, 3.63) is 21.9 Å². The van der Waals surface area contributed by atoms with Crippen molar-refractivity contribution in [1.82, 2.24) is 0 Å². The molecule has 2 heterocycles. The van der Waals surface area contributed by atoms with Gasteiger partial charge >= 0.3 is 0 Å². The molecule has 0 radical (unpaired) electrons. The van der Waals surface area contributed by atoms with Crippen LogP contribution in [-0.4, -0.2) is 25.5 Å². The van der Waals surface area contributed by atoms with Gasteiger partial charge < -0.3 is 10.5 Å². The minimum atomic E-state index is -0.379. The van der Waals surface area contributed by atoms with Gasteiger partial charge in [-0.1, -0.05) is 0 Å². The Labute approximate surface area is 99.6 Å². The zero-order chi connectivity index (χ0) is 11.6. The smallest absolute Gasteiger partial charge is 0.180 e. The molecule has 1 aliphatic heterocycles. The van der Waals surface area contributed by atoms with E-state index in [1.807, 2.05) is 19.1 Å². The van der Waals surface area contributed by atoms with Gasteiger partial charge in [0, 0.05) is 24.6 Å². The first-order chi connectivity index (χ1) is 7.68. The van der Waals surface area contributed by atoms with E-state index in [1.165, 1.54) is 4.88 Å². The van der Waals surface area contributed by atoms with Crippen molar-refractivity contribution in [3.8, 4) is 0 Å². The molecule has 1 aromatic rings. The van der Waals surface area contributed by atoms with Crippen LogP contribution in [-0.2, 0) is 4.74 Å². The maximum absolute atomic E-state index is 12.4. The number of ketones is 1. The molecule has 1 fully saturated rings. The molecule has 0 aromatic carbocycles. The number of aryl methyl sites for hydroxylation is 1. The molecule has 0 amide bonds. The van der Waals surface area contributed by atoms with E-state index in [0.29, 0.717) is 19.8 Å². The second-order valence-corrected chi connectivity index (χ2v) is 5.62. The lowest BCUT2D eigenvalue weighted by Gasteiger charge is -2.34. The highest BCUT2D eigenvalue weighted by Crippen LogP contribution is 2.35. The second-order valence-electron chi connectivity index (χ2n) is 4.34. The maximum atomic E-state index is 12.4. The lowest BCUT2D eigenvalue weighted by Crippen LogP contribution is -2.43. The van der Waals surface area contributed by atoms with Gasteiger partial charge in [-0.3, -0.25) is 4.79 Å². The van der Waals surface area contributed by atoms with Gasteiger partial charge in [-0.2, -0.15) is 0 Å². The van der Waals surface area contributed by atoms with Crippen molar-refractivity contribution in [1.29, 1.82) is 0 Å². The third-order valence-electron chi connectivity index (χ3n) is 3.29. The van der Waals surface area contributed by atoms with Crippen molar-refractivity contribution in [3.63, 3.8) is 0 Å². The molecule has 16 heavy (non-hydrogen) atoms. The molecule has 0 unspecified atom stereocenters. The lowest BCUT2D eigenvalue weighted by atomic mass is 9.76. The Morgan fingerprint density at radius 1 is 1.50 bits per heavy atom. The molecule has 88 valence electrons. The van der Waals surface area contributed by atoms with Crippen LogP contribution >= 0.6 is 11.3 Å². The Kier molecular flexibility index (Phi) is 3.42. The highest BCUT2D eigenvalue weighted by Gasteiger charge is 2.39. The van der Waals surface area contributed by atoms with Gasteiger partial charge in [-0.15, -0.1) is 11.3 Å². The van der Waals surface area contributed by atoms with Crippen molar-refractivity contribution in [2.24, 2.45) is 11.1 Å². The summed E-state index contributed by atoms with van der Waals surface area (Å²) in [5.74, 6) is 0.205. The third kappa shape index (κ3) is 2.05. The van der Waals surface area contributed by atoms with E-state index in [-0.39, 0.29) is 11.2 Å². The van der Waals surface area contributed by atoms with Crippen LogP contribution < -0.4 is 5.73 Å².